The molecule has 6 bridgehead atoms. The molecule has 1 saturated carbocycles. The number of ether oxygens (including phenoxy) is 2. The van der Waals surface area contributed by atoms with Crippen molar-refractivity contribution in [2.24, 2.45) is 23.2 Å². The summed E-state index contributed by atoms with van der Waals surface area (Å²) in [6.45, 7) is 14.7. The molecule has 0 unspecified atom stereocenters. The van der Waals surface area contributed by atoms with Crippen LogP contribution in [0.3, 0.4) is 0 Å². The van der Waals surface area contributed by atoms with E-state index in [1.807, 2.05) is 18.5 Å². The zero-order valence-electron chi connectivity index (χ0n) is 43.2. The van der Waals surface area contributed by atoms with E-state index in [0.29, 0.717) is 24.3 Å². The van der Waals surface area contributed by atoms with E-state index >= 15 is 0 Å². The average molecular weight is 1030 g/mol. The predicted molar refractivity (Wildman–Crippen MR) is 273 cm³/mol. The topological polar surface area (TPSA) is 154 Å². The molecule has 5 aliphatic rings. The highest BCUT2D eigenvalue weighted by Gasteiger charge is 2.42. The van der Waals surface area contributed by atoms with Crippen LogP contribution in [0.5, 0.6) is 0 Å². The number of benzene rings is 1. The second-order valence-corrected chi connectivity index (χ2v) is 22.8. The van der Waals surface area contributed by atoms with Gasteiger partial charge < -0.3 is 34.1 Å². The van der Waals surface area contributed by atoms with Gasteiger partial charge in [-0.2, -0.15) is 13.2 Å². The smallest absolute Gasteiger partial charge is 0.457 e. The Hall–Kier alpha value is -5.55. The number of thiazole rings is 1. The van der Waals surface area contributed by atoms with Crippen LogP contribution in [0, 0.1) is 35.0 Å². The molecule has 4 aromatic rings. The van der Waals surface area contributed by atoms with Crippen LogP contribution in [0.25, 0.3) is 33.4 Å². The van der Waals surface area contributed by atoms with Gasteiger partial charge in [0.15, 0.2) is 0 Å². The van der Waals surface area contributed by atoms with E-state index in [1.165, 1.54) is 39.8 Å². The quantitative estimate of drug-likeness (QED) is 0.132. The third-order valence-corrected chi connectivity index (χ3v) is 16.2. The second kappa shape index (κ2) is 21.0. The zero-order chi connectivity index (χ0) is 52.1. The number of methoxy groups -OCH3 is 1. The molecule has 0 spiro atoms. The molecule has 3 fully saturated rings. The summed E-state index contributed by atoms with van der Waals surface area (Å²) in [4.78, 5) is 73.4. The van der Waals surface area contributed by atoms with Crippen LogP contribution in [-0.4, -0.2) is 138 Å². The number of carbonyl (C=O) groups excluding carboxylic acids is 4. The van der Waals surface area contributed by atoms with E-state index in [9.17, 15) is 32.3 Å². The van der Waals surface area contributed by atoms with E-state index < -0.39 is 65.3 Å². The molecule has 392 valence electrons. The summed E-state index contributed by atoms with van der Waals surface area (Å²) in [7, 11) is 5.37. The van der Waals surface area contributed by atoms with Crippen LogP contribution in [0.15, 0.2) is 29.8 Å². The lowest BCUT2D eigenvalue weighted by Gasteiger charge is -2.39. The van der Waals surface area contributed by atoms with Gasteiger partial charge in [0, 0.05) is 105 Å². The number of aromatic nitrogens is 3. The average Bonchev–Trinajstić information content (AvgIpc) is 3.94. The van der Waals surface area contributed by atoms with Gasteiger partial charge in [-0.25, -0.2) is 10.4 Å². The van der Waals surface area contributed by atoms with Gasteiger partial charge in [-0.05, 0) is 94.2 Å². The fourth-order valence-corrected chi connectivity index (χ4v) is 12.1. The molecule has 73 heavy (non-hydrogen) atoms. The number of pyridine rings is 1. The van der Waals surface area contributed by atoms with Gasteiger partial charge >= 0.3 is 12.1 Å². The van der Waals surface area contributed by atoms with Crippen molar-refractivity contribution in [3.05, 3.63) is 51.6 Å². The molecule has 4 aliphatic heterocycles. The summed E-state index contributed by atoms with van der Waals surface area (Å²) in [5, 5.41) is 8.05. The lowest BCUT2D eigenvalue weighted by molar-refractivity contribution is -0.155. The molecule has 3 amide bonds. The number of halogens is 3. The SMILES string of the molecule is CO[C@@H](C)c1ncc(N2CCN(C)CC2)cc1-c1c2c3cc(cc4c3n1CCC4)-c1csc(n1)C[C@H](NC(=O)[C@H](C(C)C)N(C)C(=O)C1CC(C#CC(F)(F)F)C1)C(=O)N1CCC[C@H](N1)C(=O)OCC(C)(C)C2. The number of hydrazine groups is 1. The van der Waals surface area contributed by atoms with Crippen molar-refractivity contribution in [3.8, 4) is 34.4 Å². The Labute approximate surface area is 429 Å². The number of carbonyl (C=O) groups is 4. The maximum Gasteiger partial charge on any atom is 0.457 e. The molecule has 1 aromatic carbocycles. The van der Waals surface area contributed by atoms with Gasteiger partial charge in [0.05, 0.1) is 52.2 Å². The molecule has 2 N–H and O–H groups in total. The fourth-order valence-electron chi connectivity index (χ4n) is 11.3. The van der Waals surface area contributed by atoms with Crippen molar-refractivity contribution in [2.75, 3.05) is 65.4 Å². The van der Waals surface area contributed by atoms with Crippen molar-refractivity contribution in [3.63, 3.8) is 0 Å². The fraction of sp³-hybridized carbons (Fsp3) is 0.593. The molecule has 2 saturated heterocycles. The molecule has 3 aromatic heterocycles. The molecular formula is C54H68F3N9O6S. The first-order chi connectivity index (χ1) is 34.7. The first-order valence-corrected chi connectivity index (χ1v) is 26.6. The number of hydrogen-bond donors (Lipinski definition) is 2. The van der Waals surface area contributed by atoms with Crippen LogP contribution in [0.4, 0.5) is 18.9 Å². The maximum absolute atomic E-state index is 14.7. The van der Waals surface area contributed by atoms with Crippen LogP contribution >= 0.6 is 11.3 Å². The van der Waals surface area contributed by atoms with Gasteiger partial charge in [0.2, 0.25) is 11.8 Å². The number of amides is 3. The lowest BCUT2D eigenvalue weighted by Crippen LogP contribution is -2.62. The van der Waals surface area contributed by atoms with E-state index in [-0.39, 0.29) is 44.4 Å². The van der Waals surface area contributed by atoms with Crippen molar-refractivity contribution < 1.29 is 41.8 Å². The number of esters is 1. The third-order valence-electron chi connectivity index (χ3n) is 15.3. The number of likely N-dealkylation sites (N-methyl/N-ethyl adjacent to an activating group) is 2. The summed E-state index contributed by atoms with van der Waals surface area (Å²) in [6.07, 6.45) is 0.699. The molecule has 9 rings (SSSR count). The monoisotopic (exact) mass is 1030 g/mol. The van der Waals surface area contributed by atoms with Gasteiger partial charge in [-0.1, -0.05) is 33.6 Å². The Morgan fingerprint density at radius 1 is 1.05 bits per heavy atom. The summed E-state index contributed by atoms with van der Waals surface area (Å²) < 4.78 is 52.9. The van der Waals surface area contributed by atoms with Crippen molar-refractivity contribution in [2.45, 2.75) is 123 Å². The highest BCUT2D eigenvalue weighted by molar-refractivity contribution is 7.10. The Bertz CT molecular complexity index is 2820. The Balaban J connectivity index is 1.10. The van der Waals surface area contributed by atoms with E-state index in [1.54, 1.807) is 21.0 Å². The minimum absolute atomic E-state index is 0.0271. The summed E-state index contributed by atoms with van der Waals surface area (Å²) >= 11 is 1.39. The minimum Gasteiger partial charge on any atom is -0.464 e. The molecule has 0 radical (unpaired) electrons. The maximum atomic E-state index is 14.7. The van der Waals surface area contributed by atoms with E-state index in [0.717, 1.165) is 95.9 Å². The highest BCUT2D eigenvalue weighted by atomic mass is 32.1. The first kappa shape index (κ1) is 52.3. The highest BCUT2D eigenvalue weighted by Crippen LogP contribution is 2.46. The van der Waals surface area contributed by atoms with Crippen molar-refractivity contribution >= 4 is 51.6 Å². The Morgan fingerprint density at radius 2 is 1.81 bits per heavy atom. The molecule has 15 nitrogen and oxygen atoms in total. The van der Waals surface area contributed by atoms with Gasteiger partial charge in [0.1, 0.15) is 18.1 Å². The van der Waals surface area contributed by atoms with Crippen LogP contribution < -0.4 is 15.6 Å². The van der Waals surface area contributed by atoms with Crippen LogP contribution in [0.1, 0.15) is 94.7 Å². The van der Waals surface area contributed by atoms with Crippen LogP contribution in [-0.2, 0) is 54.5 Å². The summed E-state index contributed by atoms with van der Waals surface area (Å²) in [5.74, 6) is 0.100. The lowest BCUT2D eigenvalue weighted by atomic mass is 9.74. The normalized spacial score (nSPS) is 23.5. The molecular weight excluding hydrogens is 960 g/mol. The Morgan fingerprint density at radius 3 is 2.52 bits per heavy atom. The number of rotatable bonds is 9. The number of alkyl halides is 3. The van der Waals surface area contributed by atoms with Gasteiger partial charge in [-0.3, -0.25) is 29.2 Å². The molecule has 1 aliphatic carbocycles. The largest absolute Gasteiger partial charge is 0.464 e. The zero-order valence-corrected chi connectivity index (χ0v) is 44.0. The Kier molecular flexibility index (Phi) is 15.0. The molecule has 7 heterocycles. The number of cyclic esters (lactones) is 1. The number of anilines is 1. The minimum atomic E-state index is -4.61. The van der Waals surface area contributed by atoms with Gasteiger partial charge in [0.25, 0.3) is 5.91 Å². The van der Waals surface area contributed by atoms with Gasteiger partial charge in [-0.15, -0.1) is 11.3 Å². The van der Waals surface area contributed by atoms with Crippen molar-refractivity contribution in [1.82, 2.24) is 40.1 Å². The van der Waals surface area contributed by atoms with Crippen molar-refractivity contribution in [1.29, 1.82) is 0 Å². The number of nitrogens with zero attached hydrogens (tertiary/aromatic N) is 7. The van der Waals surface area contributed by atoms with Crippen LogP contribution in [0.2, 0.25) is 0 Å². The number of hydrogen-bond acceptors (Lipinski definition) is 12. The van der Waals surface area contributed by atoms with E-state index in [4.69, 9.17) is 19.4 Å². The molecule has 19 heteroatoms. The number of piperazine rings is 1. The standard InChI is InChI=1S/C54H68F3N9O6S/c1-31(2)46(63(7)50(68)36-21-33(22-36)13-14-54(55,56)57)49(67)60-42-26-44-59-43(29-73-44)35-23-34-11-9-15-65-47(34)38(24-35)40(27-53(4,5)30-72-52(70)41-12-10-16-66(61-41)51(42)69)48(65)39-25-37(28-58-45(39)32(3)71-8)64-19-17-62(6)18-20-64/h23-25,28-29,31-33,36,41-42,46,61H,9-12,15-22,26-27,30H2,1-8H3,(H,60,67)/t32-,33?,36?,41-,42-,46-/m0/s1. The molecule has 4 atom stereocenters. The van der Waals surface area contributed by atoms with E-state index in [2.05, 4.69) is 70.1 Å². The number of aryl methyl sites for hydroxylation is 2. The third kappa shape index (κ3) is 11.1. The summed E-state index contributed by atoms with van der Waals surface area (Å²) in [5.41, 5.74) is 11.7. The predicted octanol–water partition coefficient (Wildman–Crippen LogP) is 6.96. The second-order valence-electron chi connectivity index (χ2n) is 21.8. The number of fused-ring (bicyclic) bond motifs is 6. The first-order valence-electron chi connectivity index (χ1n) is 25.7. The summed E-state index contributed by atoms with van der Waals surface area (Å²) in [6, 6.07) is 3.76. The number of nitrogens with one attached hydrogen (secondary N) is 2.